The molecule has 1 saturated heterocycles. The summed E-state index contributed by atoms with van der Waals surface area (Å²) in [5.74, 6) is 4.19. The van der Waals surface area contributed by atoms with Gasteiger partial charge in [-0.05, 0) is 36.1 Å². The van der Waals surface area contributed by atoms with Crippen molar-refractivity contribution in [2.75, 3.05) is 13.3 Å². The van der Waals surface area contributed by atoms with Crippen molar-refractivity contribution in [1.29, 1.82) is 0 Å². The van der Waals surface area contributed by atoms with Crippen LogP contribution in [0, 0.1) is 11.8 Å². The van der Waals surface area contributed by atoms with Crippen LogP contribution in [0.25, 0.3) is 0 Å². The molecular weight excluding hydrogens is 400 g/mol. The second kappa shape index (κ2) is 8.94. The molecule has 0 bridgehead atoms. The lowest BCUT2D eigenvalue weighted by Gasteiger charge is -2.35. The number of ether oxygens (including phenoxy) is 1. The maximum Gasteiger partial charge on any atom is 0.255 e. The summed E-state index contributed by atoms with van der Waals surface area (Å²) < 4.78 is 5.62. The van der Waals surface area contributed by atoms with Gasteiger partial charge >= 0.3 is 0 Å². The average molecular weight is 427 g/mol. The number of rotatable bonds is 6. The molecule has 0 radical (unpaired) electrons. The van der Waals surface area contributed by atoms with E-state index in [2.05, 4.69) is 31.5 Å². The van der Waals surface area contributed by atoms with Gasteiger partial charge in [-0.3, -0.25) is 24.1 Å². The monoisotopic (exact) mass is 426 g/mol. The van der Waals surface area contributed by atoms with Gasteiger partial charge in [-0.25, -0.2) is 0 Å². The number of carbonyl (C=O) groups excluding carboxylic acids is 4. The highest BCUT2D eigenvalue weighted by atomic mass is 28.3. The fourth-order valence-electron chi connectivity index (χ4n) is 3.61. The van der Waals surface area contributed by atoms with Gasteiger partial charge in [0.2, 0.25) is 5.91 Å². The van der Waals surface area contributed by atoms with Crippen LogP contribution in [0.15, 0.2) is 18.2 Å². The zero-order valence-electron chi connectivity index (χ0n) is 17.6. The zero-order valence-corrected chi connectivity index (χ0v) is 18.6. The number of hydrogen-bond donors (Lipinski definition) is 0. The molecule has 1 fully saturated rings. The highest BCUT2D eigenvalue weighted by molar-refractivity contribution is 6.76. The van der Waals surface area contributed by atoms with Crippen molar-refractivity contribution >= 4 is 32.1 Å². The largest absolute Gasteiger partial charge is 0.361 e. The molecule has 1 atom stereocenters. The highest BCUT2D eigenvalue weighted by Crippen LogP contribution is 2.30. The standard InChI is InChI=1S/C22H26N2O5Si/c1-30(2,3)13-12-29-15-24-20(26)10-9-19(22(24)28)23-14-18-16(7-5-11-25)6-4-8-17(18)21(23)27/h4,6,8,11,19H,9-10,12-15H2,1-3H3. The van der Waals surface area contributed by atoms with Crippen LogP contribution in [0.3, 0.4) is 0 Å². The van der Waals surface area contributed by atoms with Crippen LogP contribution in [0.4, 0.5) is 0 Å². The molecule has 0 aliphatic carbocycles. The zero-order chi connectivity index (χ0) is 21.9. The van der Waals surface area contributed by atoms with Crippen molar-refractivity contribution in [3.8, 4) is 11.8 Å². The molecule has 3 rings (SSSR count). The number of nitrogens with zero attached hydrogens (tertiary/aromatic N) is 2. The molecular formula is C22H26N2O5Si. The van der Waals surface area contributed by atoms with Crippen LogP contribution < -0.4 is 0 Å². The molecule has 2 heterocycles. The van der Waals surface area contributed by atoms with Gasteiger partial charge in [0.05, 0.1) is 0 Å². The minimum absolute atomic E-state index is 0.0797. The minimum atomic E-state index is -1.27. The quantitative estimate of drug-likeness (QED) is 0.228. The van der Waals surface area contributed by atoms with Crippen molar-refractivity contribution in [2.45, 2.75) is 51.1 Å². The van der Waals surface area contributed by atoms with Crippen molar-refractivity contribution in [2.24, 2.45) is 0 Å². The molecule has 0 aromatic heterocycles. The second-order valence-corrected chi connectivity index (χ2v) is 14.3. The highest BCUT2D eigenvalue weighted by Gasteiger charge is 2.43. The van der Waals surface area contributed by atoms with Gasteiger partial charge in [0.15, 0.2) is 6.29 Å². The van der Waals surface area contributed by atoms with E-state index in [9.17, 15) is 19.2 Å². The Balaban J connectivity index is 1.73. The number of likely N-dealkylation sites (tertiary alicyclic amines) is 1. The molecule has 0 saturated carbocycles. The summed E-state index contributed by atoms with van der Waals surface area (Å²) in [5, 5.41) is 0. The van der Waals surface area contributed by atoms with E-state index in [0.717, 1.165) is 10.9 Å². The lowest BCUT2D eigenvalue weighted by atomic mass is 10.0. The van der Waals surface area contributed by atoms with E-state index in [1.165, 1.54) is 4.90 Å². The first-order valence-electron chi connectivity index (χ1n) is 10.0. The third-order valence-corrected chi connectivity index (χ3v) is 7.04. The Morgan fingerprint density at radius 1 is 1.23 bits per heavy atom. The molecule has 2 aliphatic rings. The molecule has 0 spiro atoms. The molecule has 30 heavy (non-hydrogen) atoms. The Morgan fingerprint density at radius 3 is 2.70 bits per heavy atom. The molecule has 2 aliphatic heterocycles. The summed E-state index contributed by atoms with van der Waals surface area (Å²) in [5.41, 5.74) is 1.79. The predicted molar refractivity (Wildman–Crippen MR) is 113 cm³/mol. The Labute approximate surface area is 177 Å². The Bertz CT molecular complexity index is 941. The molecule has 0 N–H and O–H groups in total. The van der Waals surface area contributed by atoms with E-state index in [-0.39, 0.29) is 37.9 Å². The first-order valence-corrected chi connectivity index (χ1v) is 13.7. The average Bonchev–Trinajstić information content (AvgIpc) is 3.02. The molecule has 1 unspecified atom stereocenters. The van der Waals surface area contributed by atoms with E-state index >= 15 is 0 Å². The fraction of sp³-hybridized carbons (Fsp3) is 0.455. The number of fused-ring (bicyclic) bond motifs is 1. The number of benzene rings is 1. The fourth-order valence-corrected chi connectivity index (χ4v) is 4.37. The number of aldehydes is 1. The normalized spacial score (nSPS) is 18.9. The second-order valence-electron chi connectivity index (χ2n) is 8.71. The molecule has 3 amide bonds. The van der Waals surface area contributed by atoms with Crippen LogP contribution in [0.2, 0.25) is 25.7 Å². The van der Waals surface area contributed by atoms with E-state index in [0.29, 0.717) is 29.6 Å². The van der Waals surface area contributed by atoms with Crippen molar-refractivity contribution in [3.63, 3.8) is 0 Å². The van der Waals surface area contributed by atoms with E-state index in [1.54, 1.807) is 18.2 Å². The Hall–Kier alpha value is -2.76. The first kappa shape index (κ1) is 21.9. The summed E-state index contributed by atoms with van der Waals surface area (Å²) in [7, 11) is -1.27. The first-order chi connectivity index (χ1) is 14.2. The molecule has 1 aromatic rings. The van der Waals surface area contributed by atoms with Crippen LogP contribution in [0.1, 0.15) is 34.3 Å². The predicted octanol–water partition coefficient (Wildman–Crippen LogP) is 2.02. The smallest absolute Gasteiger partial charge is 0.255 e. The van der Waals surface area contributed by atoms with Gasteiger partial charge in [-0.1, -0.05) is 31.6 Å². The number of carbonyl (C=O) groups is 4. The summed E-state index contributed by atoms with van der Waals surface area (Å²) in [6.45, 7) is 7.34. The topological polar surface area (TPSA) is 84.0 Å². The Kier molecular flexibility index (Phi) is 6.54. The van der Waals surface area contributed by atoms with Crippen LogP contribution in [-0.2, 0) is 25.7 Å². The van der Waals surface area contributed by atoms with Gasteiger partial charge < -0.3 is 9.64 Å². The van der Waals surface area contributed by atoms with Gasteiger partial charge in [-0.2, -0.15) is 0 Å². The third kappa shape index (κ3) is 4.69. The number of hydrogen-bond acceptors (Lipinski definition) is 5. The summed E-state index contributed by atoms with van der Waals surface area (Å²) >= 11 is 0. The summed E-state index contributed by atoms with van der Waals surface area (Å²) in [4.78, 5) is 51.5. The van der Waals surface area contributed by atoms with Gasteiger partial charge in [0, 0.05) is 38.8 Å². The van der Waals surface area contributed by atoms with Crippen LogP contribution >= 0.6 is 0 Å². The number of imide groups is 1. The third-order valence-electron chi connectivity index (χ3n) is 5.34. The van der Waals surface area contributed by atoms with Crippen molar-refractivity contribution in [3.05, 3.63) is 34.9 Å². The molecule has 8 heteroatoms. The maximum atomic E-state index is 13.0. The molecule has 158 valence electrons. The molecule has 1 aromatic carbocycles. The van der Waals surface area contributed by atoms with Crippen molar-refractivity contribution in [1.82, 2.24) is 9.80 Å². The Morgan fingerprint density at radius 2 is 2.00 bits per heavy atom. The summed E-state index contributed by atoms with van der Waals surface area (Å²) in [6.07, 6.45) is 0.980. The number of piperidine rings is 1. The van der Waals surface area contributed by atoms with Gasteiger partial charge in [0.1, 0.15) is 12.8 Å². The summed E-state index contributed by atoms with van der Waals surface area (Å²) in [6, 6.07) is 5.38. The van der Waals surface area contributed by atoms with Crippen LogP contribution in [0.5, 0.6) is 0 Å². The number of amides is 3. The molecule has 7 nitrogen and oxygen atoms in total. The SMILES string of the molecule is C[Si](C)(C)CCOCN1C(=O)CCC(N2Cc3c(C#CC=O)cccc3C2=O)C1=O. The van der Waals surface area contributed by atoms with Gasteiger partial charge in [-0.15, -0.1) is 0 Å². The maximum absolute atomic E-state index is 13.0. The lowest BCUT2D eigenvalue weighted by Crippen LogP contribution is -2.55. The minimum Gasteiger partial charge on any atom is -0.361 e. The van der Waals surface area contributed by atoms with E-state index in [1.807, 2.05) is 0 Å². The van der Waals surface area contributed by atoms with Crippen molar-refractivity contribution < 1.29 is 23.9 Å². The van der Waals surface area contributed by atoms with E-state index < -0.39 is 20.0 Å². The van der Waals surface area contributed by atoms with Crippen LogP contribution in [-0.4, -0.2) is 61.3 Å². The van der Waals surface area contributed by atoms with Gasteiger partial charge in [0.25, 0.3) is 11.8 Å². The lowest BCUT2D eigenvalue weighted by molar-refractivity contribution is -0.158. The van der Waals surface area contributed by atoms with E-state index in [4.69, 9.17) is 4.74 Å².